The molecular weight excluding hydrogens is 364 g/mol. The number of aromatic nitrogens is 2. The molecule has 7 nitrogen and oxygen atoms in total. The molecule has 0 bridgehead atoms. The van der Waals surface area contributed by atoms with Crippen molar-refractivity contribution in [1.29, 1.82) is 0 Å². The summed E-state index contributed by atoms with van der Waals surface area (Å²) in [6, 6.07) is 10.7. The molecule has 0 fully saturated rings. The predicted molar refractivity (Wildman–Crippen MR) is 106 cm³/mol. The summed E-state index contributed by atoms with van der Waals surface area (Å²) in [4.78, 5) is 17.4. The number of rotatable bonds is 5. The minimum absolute atomic E-state index is 0.0964. The summed E-state index contributed by atoms with van der Waals surface area (Å²) in [7, 11) is -2.32. The lowest BCUT2D eigenvalue weighted by Crippen LogP contribution is -2.22. The van der Waals surface area contributed by atoms with Gasteiger partial charge in [0.1, 0.15) is 0 Å². The third-order valence-electron chi connectivity index (χ3n) is 4.64. The van der Waals surface area contributed by atoms with Crippen LogP contribution >= 0.6 is 0 Å². The zero-order valence-electron chi connectivity index (χ0n) is 15.7. The van der Waals surface area contributed by atoms with E-state index in [4.69, 9.17) is 0 Å². The van der Waals surface area contributed by atoms with Gasteiger partial charge in [0.25, 0.3) is 5.91 Å². The Bertz CT molecular complexity index is 1130. The van der Waals surface area contributed by atoms with Crippen LogP contribution in [0.5, 0.6) is 0 Å². The molecule has 142 valence electrons. The first-order valence-electron chi connectivity index (χ1n) is 8.60. The van der Waals surface area contributed by atoms with Gasteiger partial charge in [0.05, 0.1) is 15.9 Å². The molecule has 0 unspecified atom stereocenters. The number of sulfonamides is 1. The Morgan fingerprint density at radius 2 is 1.89 bits per heavy atom. The number of para-hydroxylation sites is 2. The van der Waals surface area contributed by atoms with E-state index in [1.807, 2.05) is 35.8 Å². The normalized spacial score (nSPS) is 11.7. The molecule has 0 aliphatic carbocycles. The van der Waals surface area contributed by atoms with Gasteiger partial charge in [-0.05, 0) is 63.2 Å². The Kier molecular flexibility index (Phi) is 5.03. The van der Waals surface area contributed by atoms with Crippen LogP contribution in [0.3, 0.4) is 0 Å². The zero-order chi connectivity index (χ0) is 19.8. The maximum Gasteiger partial charge on any atom is 0.258 e. The van der Waals surface area contributed by atoms with Gasteiger partial charge >= 0.3 is 0 Å². The summed E-state index contributed by atoms with van der Waals surface area (Å²) < 4.78 is 28.7. The quantitative estimate of drug-likeness (QED) is 0.705. The van der Waals surface area contributed by atoms with Crippen LogP contribution in [0.15, 0.2) is 41.3 Å². The number of aryl methyl sites for hydroxylation is 2. The first-order valence-corrected chi connectivity index (χ1v) is 10.1. The van der Waals surface area contributed by atoms with Crippen LogP contribution < -0.4 is 10.0 Å². The van der Waals surface area contributed by atoms with Gasteiger partial charge in [-0.25, -0.2) is 18.1 Å². The highest BCUT2D eigenvalue weighted by Crippen LogP contribution is 2.23. The second-order valence-electron chi connectivity index (χ2n) is 6.25. The first kappa shape index (κ1) is 19.1. The lowest BCUT2D eigenvalue weighted by Gasteiger charge is -2.13. The highest BCUT2D eigenvalue weighted by Gasteiger charge is 2.20. The average molecular weight is 386 g/mol. The fourth-order valence-electron chi connectivity index (χ4n) is 3.01. The standard InChI is InChI=1S/C19H22N4O3S/c1-5-23-16-9-7-6-8-15(16)21-19(23)22-18(24)14-10-12(2)13(3)17(11-14)27(25,26)20-4/h6-11,20H,5H2,1-4H3,(H,21,22,24). The number of hydrogen-bond donors (Lipinski definition) is 2. The van der Waals surface area contributed by atoms with E-state index >= 15 is 0 Å². The molecule has 0 saturated carbocycles. The van der Waals surface area contributed by atoms with Crippen LogP contribution in [0.1, 0.15) is 28.4 Å². The van der Waals surface area contributed by atoms with Crippen molar-refractivity contribution in [3.63, 3.8) is 0 Å². The van der Waals surface area contributed by atoms with Crippen LogP contribution in [0.4, 0.5) is 5.95 Å². The molecule has 8 heteroatoms. The maximum absolute atomic E-state index is 12.8. The summed E-state index contributed by atoms with van der Waals surface area (Å²) in [5.41, 5.74) is 3.31. The molecule has 0 spiro atoms. The van der Waals surface area contributed by atoms with Gasteiger partial charge < -0.3 is 4.57 Å². The number of carbonyl (C=O) groups excluding carboxylic acids is 1. The fourth-order valence-corrected chi connectivity index (χ4v) is 4.08. The Morgan fingerprint density at radius 1 is 1.19 bits per heavy atom. The maximum atomic E-state index is 12.8. The number of nitrogens with zero attached hydrogens (tertiary/aromatic N) is 2. The Balaban J connectivity index is 2.03. The van der Waals surface area contributed by atoms with Gasteiger partial charge in [0.15, 0.2) is 0 Å². The van der Waals surface area contributed by atoms with Crippen molar-refractivity contribution in [3.05, 3.63) is 53.1 Å². The highest BCUT2D eigenvalue weighted by atomic mass is 32.2. The number of amides is 1. The lowest BCUT2D eigenvalue weighted by atomic mass is 10.1. The van der Waals surface area contributed by atoms with Crippen molar-refractivity contribution < 1.29 is 13.2 Å². The first-order chi connectivity index (χ1) is 12.8. The average Bonchev–Trinajstić information content (AvgIpc) is 3.00. The molecule has 1 aromatic heterocycles. The summed E-state index contributed by atoms with van der Waals surface area (Å²) in [6.45, 7) is 6.11. The van der Waals surface area contributed by atoms with Crippen molar-refractivity contribution in [2.75, 3.05) is 12.4 Å². The summed E-state index contributed by atoms with van der Waals surface area (Å²) >= 11 is 0. The van der Waals surface area contributed by atoms with Crippen molar-refractivity contribution in [2.24, 2.45) is 0 Å². The monoisotopic (exact) mass is 386 g/mol. The van der Waals surface area contributed by atoms with Gasteiger partial charge in [-0.2, -0.15) is 0 Å². The Hall–Kier alpha value is -2.71. The molecule has 1 heterocycles. The lowest BCUT2D eigenvalue weighted by molar-refractivity contribution is 0.102. The van der Waals surface area contributed by atoms with Gasteiger partial charge in [-0.15, -0.1) is 0 Å². The molecule has 0 aliphatic rings. The third-order valence-corrected chi connectivity index (χ3v) is 6.18. The summed E-state index contributed by atoms with van der Waals surface area (Å²) in [5, 5.41) is 2.81. The topological polar surface area (TPSA) is 93.1 Å². The number of carbonyl (C=O) groups is 1. The van der Waals surface area contributed by atoms with Crippen LogP contribution in [0.2, 0.25) is 0 Å². The predicted octanol–water partition coefficient (Wildman–Crippen LogP) is 2.83. The van der Waals surface area contributed by atoms with E-state index in [9.17, 15) is 13.2 Å². The molecule has 3 rings (SSSR count). The number of anilines is 1. The molecular formula is C19H22N4O3S. The Morgan fingerprint density at radius 3 is 2.56 bits per heavy atom. The van der Waals surface area contributed by atoms with Crippen LogP contribution in [-0.2, 0) is 16.6 Å². The van der Waals surface area contributed by atoms with E-state index in [2.05, 4.69) is 15.0 Å². The second-order valence-corrected chi connectivity index (χ2v) is 8.10. The van der Waals surface area contributed by atoms with E-state index in [1.165, 1.54) is 13.1 Å². The van der Waals surface area contributed by atoms with Crippen LogP contribution in [-0.4, -0.2) is 30.9 Å². The van der Waals surface area contributed by atoms with Crippen molar-refractivity contribution in [3.8, 4) is 0 Å². The molecule has 2 aromatic carbocycles. The smallest absolute Gasteiger partial charge is 0.258 e. The number of nitrogens with one attached hydrogen (secondary N) is 2. The minimum Gasteiger partial charge on any atom is -0.310 e. The SMILES string of the molecule is CCn1c(NC(=O)c2cc(C)c(C)c(S(=O)(=O)NC)c2)nc2ccccc21. The van der Waals surface area contributed by atoms with E-state index in [0.717, 1.165) is 16.6 Å². The van der Waals surface area contributed by atoms with Crippen LogP contribution in [0.25, 0.3) is 11.0 Å². The van der Waals surface area contributed by atoms with Crippen molar-refractivity contribution in [1.82, 2.24) is 14.3 Å². The molecule has 3 aromatic rings. The molecule has 0 radical (unpaired) electrons. The van der Waals surface area contributed by atoms with Gasteiger partial charge in [0.2, 0.25) is 16.0 Å². The van der Waals surface area contributed by atoms with E-state index < -0.39 is 15.9 Å². The van der Waals surface area contributed by atoms with Crippen molar-refractivity contribution in [2.45, 2.75) is 32.2 Å². The number of benzene rings is 2. The van der Waals surface area contributed by atoms with Crippen molar-refractivity contribution >= 4 is 32.9 Å². The van der Waals surface area contributed by atoms with E-state index in [1.54, 1.807) is 19.9 Å². The summed E-state index contributed by atoms with van der Waals surface area (Å²) in [5.74, 6) is 0.0237. The fraction of sp³-hybridized carbons (Fsp3) is 0.263. The number of hydrogen-bond acceptors (Lipinski definition) is 4. The number of imidazole rings is 1. The zero-order valence-corrected chi connectivity index (χ0v) is 16.5. The highest BCUT2D eigenvalue weighted by molar-refractivity contribution is 7.89. The molecule has 2 N–H and O–H groups in total. The number of fused-ring (bicyclic) bond motifs is 1. The third kappa shape index (κ3) is 3.45. The molecule has 0 saturated heterocycles. The minimum atomic E-state index is -3.66. The molecule has 0 atom stereocenters. The summed E-state index contributed by atoms with van der Waals surface area (Å²) in [6.07, 6.45) is 0. The van der Waals surface area contributed by atoms with Gasteiger partial charge in [-0.3, -0.25) is 10.1 Å². The molecule has 27 heavy (non-hydrogen) atoms. The Labute approximate surface area is 158 Å². The molecule has 1 amide bonds. The molecule has 0 aliphatic heterocycles. The van der Waals surface area contributed by atoms with Gasteiger partial charge in [-0.1, -0.05) is 12.1 Å². The second kappa shape index (κ2) is 7.13. The largest absolute Gasteiger partial charge is 0.310 e. The van der Waals surface area contributed by atoms with Crippen LogP contribution in [0, 0.1) is 13.8 Å². The van der Waals surface area contributed by atoms with E-state index in [-0.39, 0.29) is 10.5 Å². The van der Waals surface area contributed by atoms with E-state index in [0.29, 0.717) is 18.1 Å². The van der Waals surface area contributed by atoms with Gasteiger partial charge in [0, 0.05) is 12.1 Å².